The lowest BCUT2D eigenvalue weighted by Crippen LogP contribution is -2.28. The number of nitrogens with one attached hydrogen (secondary N) is 1. The normalized spacial score (nSPS) is 10.1. The minimum absolute atomic E-state index is 0. The molecular weight excluding hydrogens is 325 g/mol. The highest BCUT2D eigenvalue weighted by molar-refractivity contribution is 7.24. The zero-order chi connectivity index (χ0) is 13.1. The third kappa shape index (κ3) is 3.90. The molecule has 0 fully saturated rings. The van der Waals surface area contributed by atoms with Crippen molar-refractivity contribution in [2.45, 2.75) is 6.92 Å². The molecule has 4 nitrogen and oxygen atoms in total. The molecule has 0 bridgehead atoms. The maximum absolute atomic E-state index is 11.9. The van der Waals surface area contributed by atoms with Gasteiger partial charge < -0.3 is 11.1 Å². The van der Waals surface area contributed by atoms with Crippen molar-refractivity contribution in [3.05, 3.63) is 27.0 Å². The lowest BCUT2D eigenvalue weighted by molar-refractivity contribution is 0.0958. The molecule has 8 heteroatoms. The highest BCUT2D eigenvalue weighted by Gasteiger charge is 2.16. The Kier molecular flexibility index (Phi) is 6.22. The molecular formula is C11H13Cl2N3OS2. The van der Waals surface area contributed by atoms with Gasteiger partial charge in [0.05, 0.1) is 14.9 Å². The number of carbonyl (C=O) groups excluding carboxylic acids is 1. The van der Waals surface area contributed by atoms with Crippen LogP contribution in [0.1, 0.15) is 15.4 Å². The SMILES string of the molecule is Cc1nc(-c2ccc(Cl)s2)sc1C(=O)NCCN.Cl. The number of aromatic nitrogens is 1. The van der Waals surface area contributed by atoms with Gasteiger partial charge in [-0.3, -0.25) is 4.79 Å². The molecule has 0 aliphatic heterocycles. The molecule has 0 radical (unpaired) electrons. The molecule has 0 atom stereocenters. The van der Waals surface area contributed by atoms with Gasteiger partial charge in [0.25, 0.3) is 5.91 Å². The molecule has 1 amide bonds. The Morgan fingerprint density at radius 1 is 1.47 bits per heavy atom. The molecule has 3 N–H and O–H groups in total. The van der Waals surface area contributed by atoms with Gasteiger partial charge in [-0.1, -0.05) is 11.6 Å². The number of nitrogens with zero attached hydrogens (tertiary/aromatic N) is 1. The van der Waals surface area contributed by atoms with Crippen molar-refractivity contribution < 1.29 is 4.79 Å². The Balaban J connectivity index is 0.00000180. The lowest BCUT2D eigenvalue weighted by atomic mass is 10.3. The fourth-order valence-electron chi connectivity index (χ4n) is 1.41. The highest BCUT2D eigenvalue weighted by atomic mass is 35.5. The van der Waals surface area contributed by atoms with Gasteiger partial charge in [-0.2, -0.15) is 0 Å². The van der Waals surface area contributed by atoms with Crippen LogP contribution in [-0.2, 0) is 0 Å². The fourth-order valence-corrected chi connectivity index (χ4v) is 3.49. The largest absolute Gasteiger partial charge is 0.350 e. The Morgan fingerprint density at radius 3 is 2.79 bits per heavy atom. The summed E-state index contributed by atoms with van der Waals surface area (Å²) >= 11 is 8.72. The van der Waals surface area contributed by atoms with Crippen LogP contribution in [0.15, 0.2) is 12.1 Å². The highest BCUT2D eigenvalue weighted by Crippen LogP contribution is 2.34. The van der Waals surface area contributed by atoms with E-state index in [4.69, 9.17) is 17.3 Å². The second kappa shape index (κ2) is 7.21. The third-order valence-corrected chi connectivity index (χ3v) is 4.77. The van der Waals surface area contributed by atoms with Gasteiger partial charge in [-0.25, -0.2) is 4.98 Å². The number of thiazole rings is 1. The fraction of sp³-hybridized carbons (Fsp3) is 0.273. The maximum Gasteiger partial charge on any atom is 0.263 e. The van der Waals surface area contributed by atoms with Crippen molar-refractivity contribution in [1.29, 1.82) is 0 Å². The van der Waals surface area contributed by atoms with Gasteiger partial charge in [0, 0.05) is 13.1 Å². The van der Waals surface area contributed by atoms with E-state index in [0.717, 1.165) is 15.6 Å². The lowest BCUT2D eigenvalue weighted by Gasteiger charge is -2.00. The number of carbonyl (C=O) groups is 1. The molecule has 19 heavy (non-hydrogen) atoms. The predicted molar refractivity (Wildman–Crippen MR) is 83.8 cm³/mol. The molecule has 2 aromatic rings. The van der Waals surface area contributed by atoms with Gasteiger partial charge in [0.2, 0.25) is 0 Å². The summed E-state index contributed by atoms with van der Waals surface area (Å²) < 4.78 is 0.715. The van der Waals surface area contributed by atoms with E-state index in [9.17, 15) is 4.79 Å². The van der Waals surface area contributed by atoms with E-state index < -0.39 is 0 Å². The summed E-state index contributed by atoms with van der Waals surface area (Å²) in [7, 11) is 0. The molecule has 104 valence electrons. The van der Waals surface area contributed by atoms with Crippen LogP contribution in [0, 0.1) is 6.92 Å². The monoisotopic (exact) mass is 337 g/mol. The van der Waals surface area contributed by atoms with Crippen LogP contribution >= 0.6 is 46.7 Å². The molecule has 0 unspecified atom stereocenters. The first-order chi connectivity index (χ1) is 8.61. The topological polar surface area (TPSA) is 68.0 Å². The van der Waals surface area contributed by atoms with Crippen LogP contribution in [0.4, 0.5) is 0 Å². The standard InChI is InChI=1S/C11H12ClN3OS2.ClH/c1-6-9(10(16)14-5-4-13)18-11(15-6)7-2-3-8(12)17-7;/h2-3H,4-5,13H2,1H3,(H,14,16);1H. The van der Waals surface area contributed by atoms with Crippen molar-refractivity contribution in [3.8, 4) is 9.88 Å². The summed E-state index contributed by atoms with van der Waals surface area (Å²) in [6.07, 6.45) is 0. The van der Waals surface area contributed by atoms with Crippen LogP contribution in [0.25, 0.3) is 9.88 Å². The van der Waals surface area contributed by atoms with Crippen LogP contribution in [0.5, 0.6) is 0 Å². The molecule has 2 heterocycles. The first kappa shape index (κ1) is 16.4. The first-order valence-electron chi connectivity index (χ1n) is 5.33. The number of aryl methyl sites for hydroxylation is 1. The second-order valence-electron chi connectivity index (χ2n) is 3.58. The van der Waals surface area contributed by atoms with Crippen LogP contribution < -0.4 is 11.1 Å². The van der Waals surface area contributed by atoms with Crippen molar-refractivity contribution >= 4 is 52.6 Å². The van der Waals surface area contributed by atoms with E-state index in [1.807, 2.05) is 19.1 Å². The molecule has 0 aliphatic rings. The van der Waals surface area contributed by atoms with E-state index in [-0.39, 0.29) is 18.3 Å². The van der Waals surface area contributed by atoms with Crippen molar-refractivity contribution in [3.63, 3.8) is 0 Å². The van der Waals surface area contributed by atoms with E-state index in [1.54, 1.807) is 0 Å². The van der Waals surface area contributed by atoms with Gasteiger partial charge in [0.15, 0.2) is 0 Å². The summed E-state index contributed by atoms with van der Waals surface area (Å²) in [4.78, 5) is 17.9. The first-order valence-corrected chi connectivity index (χ1v) is 7.34. The molecule has 2 rings (SSSR count). The van der Waals surface area contributed by atoms with E-state index in [2.05, 4.69) is 10.3 Å². The van der Waals surface area contributed by atoms with Crippen LogP contribution in [0.2, 0.25) is 4.34 Å². The number of hydrogen-bond acceptors (Lipinski definition) is 5. The maximum atomic E-state index is 11.9. The smallest absolute Gasteiger partial charge is 0.263 e. The average molecular weight is 338 g/mol. The summed E-state index contributed by atoms with van der Waals surface area (Å²) in [5.74, 6) is -0.121. The quantitative estimate of drug-likeness (QED) is 0.901. The molecule has 0 saturated carbocycles. The number of thiophene rings is 1. The Labute approximate surface area is 130 Å². The summed E-state index contributed by atoms with van der Waals surface area (Å²) in [6, 6.07) is 3.74. The third-order valence-electron chi connectivity index (χ3n) is 2.22. The molecule has 0 spiro atoms. The molecule has 0 aliphatic carbocycles. The molecule has 0 aromatic carbocycles. The van der Waals surface area contributed by atoms with Crippen molar-refractivity contribution in [2.75, 3.05) is 13.1 Å². The van der Waals surface area contributed by atoms with E-state index in [1.165, 1.54) is 22.7 Å². The minimum Gasteiger partial charge on any atom is -0.350 e. The predicted octanol–water partition coefficient (Wildman–Crippen LogP) is 2.94. The number of nitrogens with two attached hydrogens (primary N) is 1. The average Bonchev–Trinajstić information content (AvgIpc) is 2.92. The van der Waals surface area contributed by atoms with Crippen LogP contribution in [0.3, 0.4) is 0 Å². The van der Waals surface area contributed by atoms with Crippen LogP contribution in [-0.4, -0.2) is 24.0 Å². The van der Waals surface area contributed by atoms with Crippen molar-refractivity contribution in [2.24, 2.45) is 5.73 Å². The van der Waals surface area contributed by atoms with Gasteiger partial charge in [0.1, 0.15) is 9.88 Å². The van der Waals surface area contributed by atoms with Gasteiger partial charge in [-0.05, 0) is 19.1 Å². The number of rotatable bonds is 4. The Hall–Kier alpha value is -0.660. The summed E-state index contributed by atoms with van der Waals surface area (Å²) in [5.41, 5.74) is 6.08. The van der Waals surface area contributed by atoms with Gasteiger partial charge in [-0.15, -0.1) is 35.1 Å². The van der Waals surface area contributed by atoms with Gasteiger partial charge >= 0.3 is 0 Å². The zero-order valence-electron chi connectivity index (χ0n) is 10.1. The van der Waals surface area contributed by atoms with E-state index in [0.29, 0.717) is 22.3 Å². The molecule has 0 saturated heterocycles. The number of amides is 1. The van der Waals surface area contributed by atoms with E-state index >= 15 is 0 Å². The molecule has 2 aromatic heterocycles. The Bertz CT molecular complexity index is 568. The number of hydrogen-bond donors (Lipinski definition) is 2. The summed E-state index contributed by atoms with van der Waals surface area (Å²) in [6.45, 7) is 2.72. The minimum atomic E-state index is -0.121. The second-order valence-corrected chi connectivity index (χ2v) is 6.30. The zero-order valence-corrected chi connectivity index (χ0v) is 13.3. The van der Waals surface area contributed by atoms with Crippen molar-refractivity contribution in [1.82, 2.24) is 10.3 Å². The Morgan fingerprint density at radius 2 is 2.21 bits per heavy atom. The summed E-state index contributed by atoms with van der Waals surface area (Å²) in [5, 5.41) is 3.56. The number of halogens is 2.